The van der Waals surface area contributed by atoms with E-state index in [-0.39, 0.29) is 53.2 Å². The number of aromatic nitrogens is 3. The lowest BCUT2D eigenvalue weighted by molar-refractivity contribution is -0.141. The summed E-state index contributed by atoms with van der Waals surface area (Å²) in [5, 5.41) is 13.4. The van der Waals surface area contributed by atoms with Crippen LogP contribution in [0.5, 0.6) is 0 Å². The summed E-state index contributed by atoms with van der Waals surface area (Å²) in [5.74, 6) is -0.982. The molecule has 2 saturated carbocycles. The monoisotopic (exact) mass is 550 g/mol. The van der Waals surface area contributed by atoms with Crippen LogP contribution in [0.2, 0.25) is 5.15 Å². The molecule has 5 amide bonds. The fraction of sp³-hybridized carbons (Fsp3) is 0.385. The highest BCUT2D eigenvalue weighted by molar-refractivity contribution is 6.29. The Morgan fingerprint density at radius 2 is 1.87 bits per heavy atom. The van der Waals surface area contributed by atoms with Gasteiger partial charge in [-0.3, -0.25) is 19.1 Å². The number of nitrogens with one attached hydrogen (secondary N) is 3. The number of carbonyl (C=O) groups excluding carboxylic acids is 4. The number of carbonyl (C=O) groups is 4. The summed E-state index contributed by atoms with van der Waals surface area (Å²) in [6, 6.07) is 9.08. The quantitative estimate of drug-likeness (QED) is 0.330. The van der Waals surface area contributed by atoms with Crippen LogP contribution >= 0.6 is 11.6 Å². The Labute approximate surface area is 228 Å². The molecule has 0 radical (unpaired) electrons. The largest absolute Gasteiger partial charge is 0.364 e. The zero-order valence-corrected chi connectivity index (χ0v) is 21.6. The smallest absolute Gasteiger partial charge is 0.319 e. The number of piperidine rings is 1. The van der Waals surface area contributed by atoms with Gasteiger partial charge in [0.2, 0.25) is 11.8 Å². The highest BCUT2D eigenvalue weighted by Gasteiger charge is 2.51. The molecule has 5 N–H and O–H groups in total. The number of primary amides is 1. The molecule has 2 aliphatic carbocycles. The lowest BCUT2D eigenvalue weighted by Gasteiger charge is -2.34. The van der Waals surface area contributed by atoms with Crippen LogP contribution in [0.1, 0.15) is 42.6 Å². The third-order valence-electron chi connectivity index (χ3n) is 7.55. The zero-order valence-electron chi connectivity index (χ0n) is 20.9. The standard InChI is InChI=1S/C26H27ClN8O4/c27-19-2-1-3-20(31-19)32-25(38)23-13-4-8-16(10-13)35(23)21(36)12-34-18-9-7-15(30-26(39)29-14-5-6-14)11-17(18)22(33-34)24(28)37/h1-3,7,9,11,13-14,16,23H,4-6,8,10,12H2,(H2,28,37)(H2,29,30,39)(H,31,32,38)/t13-,16+,23-/m0/s1. The molecule has 2 aromatic heterocycles. The van der Waals surface area contributed by atoms with Gasteiger partial charge in [0.15, 0.2) is 5.69 Å². The van der Waals surface area contributed by atoms with Gasteiger partial charge in [-0.05, 0) is 68.4 Å². The Bertz CT molecular complexity index is 1500. The van der Waals surface area contributed by atoms with Crippen LogP contribution in [0.15, 0.2) is 36.4 Å². The second-order valence-electron chi connectivity index (χ2n) is 10.3. The molecular formula is C26H27ClN8O4. The van der Waals surface area contributed by atoms with Gasteiger partial charge in [-0.2, -0.15) is 5.10 Å². The summed E-state index contributed by atoms with van der Waals surface area (Å²) in [7, 11) is 0. The molecule has 2 bridgehead atoms. The second-order valence-corrected chi connectivity index (χ2v) is 10.7. The van der Waals surface area contributed by atoms with Gasteiger partial charge in [-0.1, -0.05) is 17.7 Å². The van der Waals surface area contributed by atoms with Crippen LogP contribution in [0, 0.1) is 5.92 Å². The lowest BCUT2D eigenvalue weighted by atomic mass is 9.97. The van der Waals surface area contributed by atoms with E-state index in [1.54, 1.807) is 41.3 Å². The number of likely N-dealkylation sites (tertiary alicyclic amines) is 1. The zero-order chi connectivity index (χ0) is 27.3. The predicted molar refractivity (Wildman–Crippen MR) is 143 cm³/mol. The van der Waals surface area contributed by atoms with Crippen molar-refractivity contribution < 1.29 is 19.2 Å². The molecule has 12 nitrogen and oxygen atoms in total. The van der Waals surface area contributed by atoms with Crippen molar-refractivity contribution in [2.24, 2.45) is 11.7 Å². The number of halogens is 1. The molecule has 3 heterocycles. The van der Waals surface area contributed by atoms with E-state index in [0.29, 0.717) is 22.4 Å². The molecule has 39 heavy (non-hydrogen) atoms. The summed E-state index contributed by atoms with van der Waals surface area (Å²) in [6.07, 6.45) is 4.34. The maximum absolute atomic E-state index is 13.6. The molecule has 3 atom stereocenters. The number of benzene rings is 1. The number of amides is 5. The molecule has 1 saturated heterocycles. The Morgan fingerprint density at radius 1 is 1.05 bits per heavy atom. The third kappa shape index (κ3) is 4.99. The number of pyridine rings is 1. The maximum Gasteiger partial charge on any atom is 0.319 e. The normalized spacial score (nSPS) is 21.7. The van der Waals surface area contributed by atoms with E-state index < -0.39 is 11.9 Å². The third-order valence-corrected chi connectivity index (χ3v) is 7.76. The minimum absolute atomic E-state index is 0.00619. The maximum atomic E-state index is 13.6. The van der Waals surface area contributed by atoms with Crippen LogP contribution in [-0.4, -0.2) is 61.5 Å². The van der Waals surface area contributed by atoms with Crippen LogP contribution in [0.3, 0.4) is 0 Å². The Balaban J connectivity index is 1.23. The number of fused-ring (bicyclic) bond motifs is 3. The Kier molecular flexibility index (Phi) is 6.34. The lowest BCUT2D eigenvalue weighted by Crippen LogP contribution is -2.52. The topological polar surface area (TPSA) is 164 Å². The van der Waals surface area contributed by atoms with E-state index in [2.05, 4.69) is 26.0 Å². The number of anilines is 2. The molecule has 1 aliphatic heterocycles. The second kappa shape index (κ2) is 9.84. The Hall–Kier alpha value is -4.19. The van der Waals surface area contributed by atoms with Crippen molar-refractivity contribution in [3.05, 3.63) is 47.2 Å². The van der Waals surface area contributed by atoms with Gasteiger partial charge in [0.1, 0.15) is 23.6 Å². The number of rotatable bonds is 7. The predicted octanol–water partition coefficient (Wildman–Crippen LogP) is 2.49. The summed E-state index contributed by atoms with van der Waals surface area (Å²) in [5.41, 5.74) is 6.56. The number of hydrogen-bond acceptors (Lipinski definition) is 6. The molecule has 3 aromatic rings. The summed E-state index contributed by atoms with van der Waals surface area (Å²) in [4.78, 5) is 57.0. The molecular weight excluding hydrogens is 524 g/mol. The summed E-state index contributed by atoms with van der Waals surface area (Å²) < 4.78 is 1.42. The first-order valence-electron chi connectivity index (χ1n) is 12.9. The minimum Gasteiger partial charge on any atom is -0.364 e. The van der Waals surface area contributed by atoms with Crippen molar-refractivity contribution in [2.45, 2.75) is 56.8 Å². The van der Waals surface area contributed by atoms with Gasteiger partial charge < -0.3 is 26.6 Å². The fourth-order valence-corrected chi connectivity index (χ4v) is 5.88. The molecule has 3 aliphatic rings. The van der Waals surface area contributed by atoms with E-state index in [9.17, 15) is 19.2 Å². The number of nitrogens with two attached hydrogens (primary N) is 1. The van der Waals surface area contributed by atoms with Gasteiger partial charge in [0.25, 0.3) is 5.91 Å². The van der Waals surface area contributed by atoms with E-state index in [1.807, 2.05) is 0 Å². The first kappa shape index (κ1) is 25.1. The average Bonchev–Trinajstić information content (AvgIpc) is 3.30. The van der Waals surface area contributed by atoms with Crippen molar-refractivity contribution in [1.82, 2.24) is 25.0 Å². The minimum atomic E-state index is -0.753. The summed E-state index contributed by atoms with van der Waals surface area (Å²) >= 11 is 5.96. The molecule has 13 heteroatoms. The van der Waals surface area contributed by atoms with Crippen LogP contribution in [-0.2, 0) is 16.1 Å². The molecule has 1 aromatic carbocycles. The molecule has 202 valence electrons. The highest BCUT2D eigenvalue weighted by atomic mass is 35.5. The van der Waals surface area contributed by atoms with Gasteiger partial charge >= 0.3 is 6.03 Å². The molecule has 3 fully saturated rings. The van der Waals surface area contributed by atoms with E-state index >= 15 is 0 Å². The average molecular weight is 551 g/mol. The van der Waals surface area contributed by atoms with Crippen molar-refractivity contribution >= 4 is 57.8 Å². The first-order chi connectivity index (χ1) is 18.8. The van der Waals surface area contributed by atoms with Crippen LogP contribution in [0.25, 0.3) is 10.9 Å². The van der Waals surface area contributed by atoms with Crippen molar-refractivity contribution in [3.63, 3.8) is 0 Å². The summed E-state index contributed by atoms with van der Waals surface area (Å²) in [6.45, 7) is -0.179. The number of hydrogen-bond donors (Lipinski definition) is 4. The fourth-order valence-electron chi connectivity index (χ4n) is 5.71. The van der Waals surface area contributed by atoms with E-state index in [0.717, 1.165) is 32.1 Å². The van der Waals surface area contributed by atoms with Crippen molar-refractivity contribution in [2.75, 3.05) is 10.6 Å². The van der Waals surface area contributed by atoms with Crippen molar-refractivity contribution in [1.29, 1.82) is 0 Å². The first-order valence-corrected chi connectivity index (χ1v) is 13.3. The van der Waals surface area contributed by atoms with Gasteiger partial charge in [-0.25, -0.2) is 9.78 Å². The van der Waals surface area contributed by atoms with E-state index in [4.69, 9.17) is 17.3 Å². The van der Waals surface area contributed by atoms with Gasteiger partial charge in [-0.15, -0.1) is 0 Å². The van der Waals surface area contributed by atoms with Crippen LogP contribution < -0.4 is 21.7 Å². The van der Waals surface area contributed by atoms with E-state index in [1.165, 1.54) is 4.68 Å². The highest BCUT2D eigenvalue weighted by Crippen LogP contribution is 2.43. The molecule has 0 spiro atoms. The number of nitrogens with zero attached hydrogens (tertiary/aromatic N) is 4. The number of urea groups is 1. The molecule has 6 rings (SSSR count). The van der Waals surface area contributed by atoms with Gasteiger partial charge in [0.05, 0.1) is 5.52 Å². The molecule has 0 unspecified atom stereocenters. The van der Waals surface area contributed by atoms with Gasteiger partial charge in [0, 0.05) is 23.2 Å². The van der Waals surface area contributed by atoms with Crippen LogP contribution in [0.4, 0.5) is 16.3 Å². The SMILES string of the molecule is NC(=O)c1nn(CC(=O)N2[C@@H]3CC[C@@H](C3)[C@H]2C(=O)Nc2cccc(Cl)n2)c2ccc(NC(=O)NC3CC3)cc12. The Morgan fingerprint density at radius 3 is 2.62 bits per heavy atom. The van der Waals surface area contributed by atoms with Crippen molar-refractivity contribution in [3.8, 4) is 0 Å².